The average molecular weight is 465 g/mol. The summed E-state index contributed by atoms with van der Waals surface area (Å²) in [5.74, 6) is 2.01. The number of carbonyl (C=O) groups excluding carboxylic acids is 2. The van der Waals surface area contributed by atoms with E-state index in [1.165, 1.54) is 5.56 Å². The van der Waals surface area contributed by atoms with Crippen LogP contribution in [0.1, 0.15) is 44.6 Å². The van der Waals surface area contributed by atoms with E-state index in [1.54, 1.807) is 0 Å². The molecule has 4 rings (SSSR count). The quantitative estimate of drug-likeness (QED) is 0.584. The highest BCUT2D eigenvalue weighted by Gasteiger charge is 2.32. The minimum atomic E-state index is 0.0225. The fourth-order valence-electron chi connectivity index (χ4n) is 4.88. The van der Waals surface area contributed by atoms with Gasteiger partial charge in [-0.25, -0.2) is 0 Å². The lowest BCUT2D eigenvalue weighted by Crippen LogP contribution is -2.47. The van der Waals surface area contributed by atoms with Crippen LogP contribution in [0.3, 0.4) is 0 Å². The lowest BCUT2D eigenvalue weighted by atomic mass is 9.93. The molecule has 2 aliphatic rings. The zero-order valence-corrected chi connectivity index (χ0v) is 20.2. The van der Waals surface area contributed by atoms with E-state index in [4.69, 9.17) is 9.47 Å². The van der Waals surface area contributed by atoms with Crippen molar-refractivity contribution >= 4 is 11.8 Å². The molecule has 0 aliphatic carbocycles. The van der Waals surface area contributed by atoms with E-state index in [1.807, 2.05) is 59.2 Å². The SMILES string of the molecule is CCOc1ccccc1OC1CCN(C(=O)C2CCN(C(=O)CCc3ccccc3)CC2)CC1. The number of rotatable bonds is 8. The molecule has 2 saturated heterocycles. The lowest BCUT2D eigenvalue weighted by molar-refractivity contribution is -0.142. The van der Waals surface area contributed by atoms with Gasteiger partial charge in [-0.15, -0.1) is 0 Å². The van der Waals surface area contributed by atoms with Gasteiger partial charge in [0.1, 0.15) is 6.10 Å². The fourth-order valence-corrected chi connectivity index (χ4v) is 4.88. The van der Waals surface area contributed by atoms with Gasteiger partial charge >= 0.3 is 0 Å². The molecule has 0 aromatic heterocycles. The second-order valence-electron chi connectivity index (χ2n) is 9.16. The molecule has 6 nitrogen and oxygen atoms in total. The first-order chi connectivity index (χ1) is 16.6. The number of hydrogen-bond acceptors (Lipinski definition) is 4. The molecule has 2 aromatic carbocycles. The van der Waals surface area contributed by atoms with E-state index in [-0.39, 0.29) is 23.8 Å². The molecule has 0 spiro atoms. The van der Waals surface area contributed by atoms with E-state index in [9.17, 15) is 9.59 Å². The third kappa shape index (κ3) is 6.31. The van der Waals surface area contributed by atoms with Gasteiger partial charge in [-0.3, -0.25) is 9.59 Å². The first kappa shape index (κ1) is 24.1. The Labute approximate surface area is 202 Å². The van der Waals surface area contributed by atoms with Crippen LogP contribution < -0.4 is 9.47 Å². The van der Waals surface area contributed by atoms with Gasteiger partial charge in [0.05, 0.1) is 6.61 Å². The minimum Gasteiger partial charge on any atom is -0.490 e. The van der Waals surface area contributed by atoms with Crippen molar-refractivity contribution in [1.29, 1.82) is 0 Å². The summed E-state index contributed by atoms with van der Waals surface area (Å²) in [6.45, 7) is 5.36. The molecule has 2 fully saturated rings. The van der Waals surface area contributed by atoms with Crippen LogP contribution in [0.15, 0.2) is 54.6 Å². The van der Waals surface area contributed by atoms with E-state index in [0.29, 0.717) is 26.1 Å². The molecule has 0 atom stereocenters. The first-order valence-electron chi connectivity index (χ1n) is 12.6. The van der Waals surface area contributed by atoms with Crippen molar-refractivity contribution in [2.24, 2.45) is 5.92 Å². The van der Waals surface area contributed by atoms with Crippen LogP contribution >= 0.6 is 0 Å². The van der Waals surface area contributed by atoms with Crippen LogP contribution in [0.4, 0.5) is 0 Å². The summed E-state index contributed by atoms with van der Waals surface area (Å²) in [4.78, 5) is 29.6. The molecule has 6 heteroatoms. The van der Waals surface area contributed by atoms with E-state index in [0.717, 1.165) is 56.7 Å². The highest BCUT2D eigenvalue weighted by molar-refractivity contribution is 5.80. The number of carbonyl (C=O) groups is 2. The van der Waals surface area contributed by atoms with Crippen molar-refractivity contribution in [1.82, 2.24) is 9.80 Å². The number of para-hydroxylation sites is 2. The minimum absolute atomic E-state index is 0.0225. The summed E-state index contributed by atoms with van der Waals surface area (Å²) >= 11 is 0. The van der Waals surface area contributed by atoms with Crippen molar-refractivity contribution in [2.45, 2.75) is 51.6 Å². The number of piperidine rings is 2. The Morgan fingerprint density at radius 1 is 0.824 bits per heavy atom. The number of nitrogens with zero attached hydrogens (tertiary/aromatic N) is 2. The molecule has 34 heavy (non-hydrogen) atoms. The van der Waals surface area contributed by atoms with Crippen molar-refractivity contribution in [3.8, 4) is 11.5 Å². The summed E-state index contributed by atoms with van der Waals surface area (Å²) in [5.41, 5.74) is 1.19. The molecule has 0 bridgehead atoms. The summed E-state index contributed by atoms with van der Waals surface area (Å²) < 4.78 is 11.9. The zero-order valence-electron chi connectivity index (χ0n) is 20.2. The largest absolute Gasteiger partial charge is 0.490 e. The van der Waals surface area contributed by atoms with Gasteiger partial charge in [-0.2, -0.15) is 0 Å². The van der Waals surface area contributed by atoms with Gasteiger partial charge in [0.2, 0.25) is 11.8 Å². The fraction of sp³-hybridized carbons (Fsp3) is 0.500. The summed E-state index contributed by atoms with van der Waals surface area (Å²) in [6, 6.07) is 17.9. The number of amides is 2. The van der Waals surface area contributed by atoms with Crippen molar-refractivity contribution < 1.29 is 19.1 Å². The van der Waals surface area contributed by atoms with Gasteiger partial charge < -0.3 is 19.3 Å². The van der Waals surface area contributed by atoms with E-state index < -0.39 is 0 Å². The average Bonchev–Trinajstić information content (AvgIpc) is 2.89. The number of likely N-dealkylation sites (tertiary alicyclic amines) is 2. The van der Waals surface area contributed by atoms with E-state index in [2.05, 4.69) is 12.1 Å². The monoisotopic (exact) mass is 464 g/mol. The van der Waals surface area contributed by atoms with Gasteiger partial charge in [-0.05, 0) is 43.9 Å². The first-order valence-corrected chi connectivity index (χ1v) is 12.6. The zero-order chi connectivity index (χ0) is 23.8. The summed E-state index contributed by atoms with van der Waals surface area (Å²) in [6.07, 6.45) is 4.55. The second-order valence-corrected chi connectivity index (χ2v) is 9.16. The smallest absolute Gasteiger partial charge is 0.225 e. The van der Waals surface area contributed by atoms with Gasteiger partial charge in [0.15, 0.2) is 11.5 Å². The molecule has 2 aliphatic heterocycles. The Kier molecular flexibility index (Phi) is 8.45. The highest BCUT2D eigenvalue weighted by atomic mass is 16.5. The van der Waals surface area contributed by atoms with Crippen LogP contribution in [-0.4, -0.2) is 60.5 Å². The summed E-state index contributed by atoms with van der Waals surface area (Å²) in [5, 5.41) is 0. The number of ether oxygens (including phenoxy) is 2. The number of benzene rings is 2. The number of hydrogen-bond donors (Lipinski definition) is 0. The Bertz CT molecular complexity index is 932. The molecule has 2 heterocycles. The van der Waals surface area contributed by atoms with Crippen LogP contribution in [0.2, 0.25) is 0 Å². The van der Waals surface area contributed by atoms with Crippen LogP contribution in [0.5, 0.6) is 11.5 Å². The molecular weight excluding hydrogens is 428 g/mol. The molecule has 2 aromatic rings. The molecule has 0 unspecified atom stereocenters. The third-order valence-electron chi connectivity index (χ3n) is 6.86. The predicted octanol–water partition coefficient (Wildman–Crippen LogP) is 4.33. The Balaban J connectivity index is 1.19. The number of aryl methyl sites for hydroxylation is 1. The molecular formula is C28H36N2O4. The Hall–Kier alpha value is -3.02. The standard InChI is InChI=1S/C28H36N2O4/c1-2-33-25-10-6-7-11-26(25)34-24-16-20-30(21-17-24)28(32)23-14-18-29(19-15-23)27(31)13-12-22-8-4-3-5-9-22/h3-11,23-24H,2,12-21H2,1H3. The van der Waals surface area contributed by atoms with E-state index >= 15 is 0 Å². The van der Waals surface area contributed by atoms with Crippen molar-refractivity contribution in [2.75, 3.05) is 32.8 Å². The Morgan fingerprint density at radius 2 is 1.44 bits per heavy atom. The van der Waals surface area contributed by atoms with Gasteiger partial charge in [0, 0.05) is 51.4 Å². The summed E-state index contributed by atoms with van der Waals surface area (Å²) in [7, 11) is 0. The maximum atomic E-state index is 13.1. The third-order valence-corrected chi connectivity index (χ3v) is 6.86. The molecule has 2 amide bonds. The van der Waals surface area contributed by atoms with Gasteiger partial charge in [-0.1, -0.05) is 42.5 Å². The maximum Gasteiger partial charge on any atom is 0.225 e. The Morgan fingerprint density at radius 3 is 2.12 bits per heavy atom. The maximum absolute atomic E-state index is 13.1. The molecule has 0 saturated carbocycles. The normalized spacial score (nSPS) is 17.4. The van der Waals surface area contributed by atoms with Crippen molar-refractivity contribution in [3.05, 3.63) is 60.2 Å². The second kappa shape index (κ2) is 11.9. The highest BCUT2D eigenvalue weighted by Crippen LogP contribution is 2.30. The lowest BCUT2D eigenvalue weighted by Gasteiger charge is -2.37. The van der Waals surface area contributed by atoms with Crippen LogP contribution in [0.25, 0.3) is 0 Å². The predicted molar refractivity (Wildman–Crippen MR) is 132 cm³/mol. The van der Waals surface area contributed by atoms with Gasteiger partial charge in [0.25, 0.3) is 0 Å². The topological polar surface area (TPSA) is 59.1 Å². The van der Waals surface area contributed by atoms with Crippen LogP contribution in [-0.2, 0) is 16.0 Å². The molecule has 0 N–H and O–H groups in total. The molecule has 0 radical (unpaired) electrons. The van der Waals surface area contributed by atoms with Crippen LogP contribution in [0, 0.1) is 5.92 Å². The van der Waals surface area contributed by atoms with Crippen molar-refractivity contribution in [3.63, 3.8) is 0 Å². The molecule has 182 valence electrons.